The van der Waals surface area contributed by atoms with Gasteiger partial charge in [0.05, 0.1) is 0 Å². The van der Waals surface area contributed by atoms with Crippen LogP contribution in [0.4, 0.5) is 4.39 Å². The molecule has 0 saturated carbocycles. The Labute approximate surface area is 124 Å². The van der Waals surface area contributed by atoms with E-state index >= 15 is 0 Å². The molecule has 0 aliphatic carbocycles. The van der Waals surface area contributed by atoms with Crippen molar-refractivity contribution in [3.63, 3.8) is 0 Å². The molecule has 3 nitrogen and oxygen atoms in total. The van der Waals surface area contributed by atoms with Crippen LogP contribution in [0.5, 0.6) is 5.75 Å². The fraction of sp³-hybridized carbons (Fsp3) is 0.235. The van der Waals surface area contributed by atoms with E-state index in [4.69, 9.17) is 10.5 Å². The third-order valence-electron chi connectivity index (χ3n) is 2.88. The highest BCUT2D eigenvalue weighted by Gasteiger charge is 2.07. The fourth-order valence-corrected chi connectivity index (χ4v) is 1.85. The number of hydrogen-bond donors (Lipinski definition) is 1. The number of nitrogens with zero attached hydrogens (tertiary/aromatic N) is 1. The zero-order chi connectivity index (χ0) is 15.2. The average Bonchev–Trinajstić information content (AvgIpc) is 2.46. The van der Waals surface area contributed by atoms with E-state index in [2.05, 4.69) is 4.99 Å². The highest BCUT2D eigenvalue weighted by atomic mass is 19.1. The Balaban J connectivity index is 2.09. The van der Waals surface area contributed by atoms with Crippen LogP contribution in [0.15, 0.2) is 53.5 Å². The summed E-state index contributed by atoms with van der Waals surface area (Å²) in [6.07, 6.45) is 0. The number of hydrogen-bond acceptors (Lipinski definition) is 2. The number of halogens is 1. The van der Waals surface area contributed by atoms with Gasteiger partial charge in [-0.3, -0.25) is 4.99 Å². The Hall–Kier alpha value is -2.36. The number of benzene rings is 2. The Kier molecular flexibility index (Phi) is 4.93. The van der Waals surface area contributed by atoms with Crippen LogP contribution in [0.3, 0.4) is 0 Å². The molecule has 0 heterocycles. The summed E-state index contributed by atoms with van der Waals surface area (Å²) >= 11 is 0. The molecule has 21 heavy (non-hydrogen) atoms. The van der Waals surface area contributed by atoms with Gasteiger partial charge < -0.3 is 10.5 Å². The van der Waals surface area contributed by atoms with Gasteiger partial charge in [-0.25, -0.2) is 4.39 Å². The van der Waals surface area contributed by atoms with Gasteiger partial charge in [0.1, 0.15) is 24.0 Å². The normalized spacial score (nSPS) is 11.7. The molecule has 0 aliphatic rings. The van der Waals surface area contributed by atoms with Gasteiger partial charge in [-0.2, -0.15) is 0 Å². The summed E-state index contributed by atoms with van der Waals surface area (Å²) in [7, 11) is 0. The summed E-state index contributed by atoms with van der Waals surface area (Å²) < 4.78 is 19.6. The topological polar surface area (TPSA) is 47.6 Å². The van der Waals surface area contributed by atoms with E-state index < -0.39 is 0 Å². The van der Waals surface area contributed by atoms with Crippen LogP contribution in [-0.4, -0.2) is 11.9 Å². The summed E-state index contributed by atoms with van der Waals surface area (Å²) in [6, 6.07) is 14.2. The molecule has 0 fully saturated rings. The number of nitrogens with two attached hydrogens (primary N) is 1. The van der Waals surface area contributed by atoms with Crippen molar-refractivity contribution in [2.45, 2.75) is 26.5 Å². The van der Waals surface area contributed by atoms with Crippen molar-refractivity contribution >= 4 is 5.84 Å². The molecule has 0 spiro atoms. The predicted molar refractivity (Wildman–Crippen MR) is 83.0 cm³/mol. The first-order valence-electron chi connectivity index (χ1n) is 6.86. The maximum Gasteiger partial charge on any atom is 0.130 e. The van der Waals surface area contributed by atoms with Crippen molar-refractivity contribution in [1.82, 2.24) is 0 Å². The van der Waals surface area contributed by atoms with Crippen LogP contribution in [0.2, 0.25) is 0 Å². The van der Waals surface area contributed by atoms with Crippen LogP contribution in [0.25, 0.3) is 0 Å². The quantitative estimate of drug-likeness (QED) is 0.675. The Bertz CT molecular complexity index is 624. The molecule has 2 N–H and O–H groups in total. The van der Waals surface area contributed by atoms with Gasteiger partial charge >= 0.3 is 0 Å². The van der Waals surface area contributed by atoms with Crippen molar-refractivity contribution in [3.05, 3.63) is 65.5 Å². The number of amidine groups is 1. The lowest BCUT2D eigenvalue weighted by Crippen LogP contribution is -2.16. The molecule has 0 saturated heterocycles. The van der Waals surface area contributed by atoms with Crippen LogP contribution in [0.1, 0.15) is 25.0 Å². The second-order valence-electron chi connectivity index (χ2n) is 5.02. The minimum Gasteiger partial charge on any atom is -0.489 e. The molecule has 0 atom stereocenters. The van der Waals surface area contributed by atoms with Crippen LogP contribution < -0.4 is 10.5 Å². The summed E-state index contributed by atoms with van der Waals surface area (Å²) in [4.78, 5) is 4.21. The molecule has 4 heteroatoms. The zero-order valence-corrected chi connectivity index (χ0v) is 12.2. The number of ether oxygens (including phenoxy) is 1. The van der Waals surface area contributed by atoms with Gasteiger partial charge in [0.15, 0.2) is 0 Å². The number of aliphatic imine (C=N–C) groups is 1. The van der Waals surface area contributed by atoms with Gasteiger partial charge in [0, 0.05) is 17.2 Å². The highest BCUT2D eigenvalue weighted by molar-refractivity contribution is 5.97. The minimum absolute atomic E-state index is 0.0779. The average molecular weight is 286 g/mol. The maximum absolute atomic E-state index is 14.1. The standard InChI is InChI=1S/C17H19FN2O/c1-12(2)20-17(19)13-8-9-14(16(18)10-13)11-21-15-6-4-3-5-7-15/h3-10,12H,11H2,1-2H3,(H2,19,20). The molecule has 2 aromatic rings. The van der Waals surface area contributed by atoms with Gasteiger partial charge in [0.2, 0.25) is 0 Å². The smallest absolute Gasteiger partial charge is 0.130 e. The molecule has 0 aromatic heterocycles. The molecule has 0 aliphatic heterocycles. The van der Waals surface area contributed by atoms with Gasteiger partial charge in [-0.1, -0.05) is 30.3 Å². The molecule has 110 valence electrons. The van der Waals surface area contributed by atoms with E-state index in [1.54, 1.807) is 12.1 Å². The first-order chi connectivity index (χ1) is 10.1. The second-order valence-corrected chi connectivity index (χ2v) is 5.02. The lowest BCUT2D eigenvalue weighted by molar-refractivity contribution is 0.300. The molecule has 0 bridgehead atoms. The van der Waals surface area contributed by atoms with Gasteiger partial charge in [0.25, 0.3) is 0 Å². The number of rotatable bonds is 5. The van der Waals surface area contributed by atoms with E-state index in [1.165, 1.54) is 6.07 Å². The summed E-state index contributed by atoms with van der Waals surface area (Å²) in [5, 5.41) is 0. The Morgan fingerprint density at radius 2 is 1.90 bits per heavy atom. The number of para-hydroxylation sites is 1. The summed E-state index contributed by atoms with van der Waals surface area (Å²) in [5.41, 5.74) is 6.91. The lowest BCUT2D eigenvalue weighted by atomic mass is 10.1. The Morgan fingerprint density at radius 1 is 1.19 bits per heavy atom. The zero-order valence-electron chi connectivity index (χ0n) is 12.2. The molecule has 0 amide bonds. The molecule has 0 unspecified atom stereocenters. The minimum atomic E-state index is -0.342. The summed E-state index contributed by atoms with van der Waals surface area (Å²) in [5.74, 6) is 0.714. The fourth-order valence-electron chi connectivity index (χ4n) is 1.85. The van der Waals surface area contributed by atoms with Crippen molar-refractivity contribution in [1.29, 1.82) is 0 Å². The SMILES string of the molecule is CC(C)N=C(N)c1ccc(COc2ccccc2)c(F)c1. The van der Waals surface area contributed by atoms with E-state index in [1.807, 2.05) is 44.2 Å². The monoisotopic (exact) mass is 286 g/mol. The molecule has 2 rings (SSSR count). The first kappa shape index (κ1) is 15.0. The largest absolute Gasteiger partial charge is 0.489 e. The van der Waals surface area contributed by atoms with Crippen LogP contribution in [0, 0.1) is 5.82 Å². The molecular formula is C17H19FN2O. The van der Waals surface area contributed by atoms with Crippen LogP contribution >= 0.6 is 0 Å². The van der Waals surface area contributed by atoms with E-state index in [0.717, 1.165) is 0 Å². The van der Waals surface area contributed by atoms with Crippen molar-refractivity contribution in [2.75, 3.05) is 0 Å². The van der Waals surface area contributed by atoms with E-state index in [-0.39, 0.29) is 18.5 Å². The second kappa shape index (κ2) is 6.88. The highest BCUT2D eigenvalue weighted by Crippen LogP contribution is 2.15. The van der Waals surface area contributed by atoms with Crippen LogP contribution in [-0.2, 0) is 6.61 Å². The predicted octanol–water partition coefficient (Wildman–Crippen LogP) is 3.52. The lowest BCUT2D eigenvalue weighted by Gasteiger charge is -2.09. The van der Waals surface area contributed by atoms with E-state index in [0.29, 0.717) is 22.7 Å². The Morgan fingerprint density at radius 3 is 2.52 bits per heavy atom. The first-order valence-corrected chi connectivity index (χ1v) is 6.86. The molecular weight excluding hydrogens is 267 g/mol. The van der Waals surface area contributed by atoms with Gasteiger partial charge in [-0.15, -0.1) is 0 Å². The summed E-state index contributed by atoms with van der Waals surface area (Å²) in [6.45, 7) is 4.02. The molecule has 2 aromatic carbocycles. The van der Waals surface area contributed by atoms with Crippen molar-refractivity contribution < 1.29 is 9.13 Å². The third-order valence-corrected chi connectivity index (χ3v) is 2.88. The van der Waals surface area contributed by atoms with Crippen molar-refractivity contribution in [2.24, 2.45) is 10.7 Å². The third kappa shape index (κ3) is 4.31. The maximum atomic E-state index is 14.1. The molecule has 0 radical (unpaired) electrons. The van der Waals surface area contributed by atoms with Crippen molar-refractivity contribution in [3.8, 4) is 5.75 Å². The van der Waals surface area contributed by atoms with Gasteiger partial charge in [-0.05, 0) is 32.0 Å². The van der Waals surface area contributed by atoms with E-state index in [9.17, 15) is 4.39 Å².